The maximum absolute atomic E-state index is 13.2. The summed E-state index contributed by atoms with van der Waals surface area (Å²) in [7, 11) is -3.81. The minimum Gasteiger partial charge on any atom is -0.325 e. The number of hydrogen-bond acceptors (Lipinski definition) is 6. The zero-order chi connectivity index (χ0) is 30.1. The van der Waals surface area contributed by atoms with E-state index in [1.807, 2.05) is 0 Å². The first-order valence-electron chi connectivity index (χ1n) is 12.4. The molecule has 0 saturated carbocycles. The van der Waals surface area contributed by atoms with Gasteiger partial charge in [-0.25, -0.2) is 13.6 Å². The summed E-state index contributed by atoms with van der Waals surface area (Å²) < 4.78 is 22.7. The van der Waals surface area contributed by atoms with E-state index < -0.39 is 21.8 Å². The molecule has 42 heavy (non-hydrogen) atoms. The van der Waals surface area contributed by atoms with E-state index in [0.29, 0.717) is 27.5 Å². The number of thioether (sulfide) groups is 1. The van der Waals surface area contributed by atoms with Crippen molar-refractivity contribution in [3.63, 3.8) is 0 Å². The number of nitrogens with one attached hydrogen (secondary N) is 3. The van der Waals surface area contributed by atoms with Crippen molar-refractivity contribution in [3.05, 3.63) is 125 Å². The molecule has 0 aliphatic carbocycles. The van der Waals surface area contributed by atoms with E-state index in [0.717, 1.165) is 4.90 Å². The second-order valence-corrected chi connectivity index (χ2v) is 11.9. The Bertz CT molecular complexity index is 1710. The summed E-state index contributed by atoms with van der Waals surface area (Å²) in [5, 5.41) is 13.8. The number of amides is 3. The third-order valence-electron chi connectivity index (χ3n) is 5.66. The van der Waals surface area contributed by atoms with Crippen LogP contribution in [0.2, 0.25) is 5.02 Å². The lowest BCUT2D eigenvalue weighted by Crippen LogP contribution is -2.30. The average molecular weight is 621 g/mol. The molecule has 4 aromatic carbocycles. The molecule has 0 fully saturated rings. The van der Waals surface area contributed by atoms with Gasteiger partial charge in [0, 0.05) is 26.9 Å². The van der Waals surface area contributed by atoms with Gasteiger partial charge in [0.15, 0.2) is 0 Å². The van der Waals surface area contributed by atoms with E-state index in [2.05, 4.69) is 16.0 Å². The predicted octanol–water partition coefficient (Wildman–Crippen LogP) is 5.13. The average Bonchev–Trinajstić information content (AvgIpc) is 2.98. The number of anilines is 2. The zero-order valence-corrected chi connectivity index (χ0v) is 24.3. The summed E-state index contributed by atoms with van der Waals surface area (Å²) in [6.07, 6.45) is 1.55. The van der Waals surface area contributed by atoms with Crippen molar-refractivity contribution >= 4 is 68.6 Å². The molecule has 0 aliphatic rings. The smallest absolute Gasteiger partial charge is 0.272 e. The van der Waals surface area contributed by atoms with Crippen molar-refractivity contribution in [2.45, 2.75) is 9.79 Å². The van der Waals surface area contributed by atoms with Gasteiger partial charge in [-0.15, -0.1) is 11.8 Å². The summed E-state index contributed by atoms with van der Waals surface area (Å²) in [5.41, 5.74) is 2.03. The van der Waals surface area contributed by atoms with Crippen molar-refractivity contribution in [2.24, 2.45) is 5.14 Å². The second kappa shape index (κ2) is 14.0. The van der Waals surface area contributed by atoms with Crippen LogP contribution < -0.4 is 21.1 Å². The predicted molar refractivity (Wildman–Crippen MR) is 166 cm³/mol. The number of nitrogens with two attached hydrogens (primary N) is 1. The molecule has 4 rings (SSSR count). The summed E-state index contributed by atoms with van der Waals surface area (Å²) >= 11 is 7.25. The first-order chi connectivity index (χ1) is 20.1. The number of sulfonamides is 1. The maximum atomic E-state index is 13.2. The topological polar surface area (TPSA) is 147 Å². The van der Waals surface area contributed by atoms with Gasteiger partial charge >= 0.3 is 0 Å². The van der Waals surface area contributed by atoms with Gasteiger partial charge in [-0.3, -0.25) is 14.4 Å². The molecule has 0 saturated heterocycles. The molecule has 0 spiro atoms. The van der Waals surface area contributed by atoms with Crippen LogP contribution in [-0.4, -0.2) is 31.9 Å². The number of halogens is 1. The molecular weight excluding hydrogens is 596 g/mol. The molecule has 0 radical (unpaired) electrons. The van der Waals surface area contributed by atoms with Crippen LogP contribution in [0.1, 0.15) is 15.9 Å². The number of primary sulfonamides is 1. The van der Waals surface area contributed by atoms with Gasteiger partial charge in [-0.1, -0.05) is 41.9 Å². The molecule has 0 atom stereocenters. The minimum atomic E-state index is -3.81. The normalized spacial score (nSPS) is 11.4. The molecule has 4 aromatic rings. The van der Waals surface area contributed by atoms with Crippen LogP contribution >= 0.6 is 23.4 Å². The molecule has 5 N–H and O–H groups in total. The quantitative estimate of drug-likeness (QED) is 0.143. The molecule has 0 aromatic heterocycles. The second-order valence-electron chi connectivity index (χ2n) is 8.81. The molecule has 3 amide bonds. The molecule has 0 bridgehead atoms. The van der Waals surface area contributed by atoms with E-state index in [1.54, 1.807) is 84.9 Å². The number of carbonyl (C=O) groups excluding carboxylic acids is 3. The minimum absolute atomic E-state index is 0.0402. The van der Waals surface area contributed by atoms with Crippen molar-refractivity contribution in [1.82, 2.24) is 5.32 Å². The van der Waals surface area contributed by atoms with Crippen LogP contribution in [0.25, 0.3) is 6.08 Å². The van der Waals surface area contributed by atoms with Gasteiger partial charge in [0.1, 0.15) is 5.70 Å². The fraction of sp³-hybridized carbons (Fsp3) is 0.0333. The van der Waals surface area contributed by atoms with Crippen LogP contribution in [-0.2, 0) is 19.6 Å². The highest BCUT2D eigenvalue weighted by molar-refractivity contribution is 8.00. The Balaban J connectivity index is 1.37. The maximum Gasteiger partial charge on any atom is 0.272 e. The van der Waals surface area contributed by atoms with Crippen LogP contribution in [0, 0.1) is 0 Å². The van der Waals surface area contributed by atoms with Crippen molar-refractivity contribution in [1.29, 1.82) is 0 Å². The van der Waals surface area contributed by atoms with Gasteiger partial charge in [0.2, 0.25) is 15.9 Å². The fourth-order valence-corrected chi connectivity index (χ4v) is 4.91. The molecule has 12 heteroatoms. The first-order valence-corrected chi connectivity index (χ1v) is 15.3. The number of rotatable bonds is 10. The fourth-order valence-electron chi connectivity index (χ4n) is 3.57. The standard InChI is InChI=1S/C30H25ClN4O5S2/c31-22-8-6-20(7-9-22)18-27(35-29(37)21-4-2-1-3-5-21)30(38)34-24-10-14-25(15-11-24)41-19-28(36)33-23-12-16-26(17-13-23)42(32,39)40/h1-18H,19H2,(H,33,36)(H,34,38)(H,35,37)(H2,32,39,40)/b27-18-. The van der Waals surface area contributed by atoms with E-state index >= 15 is 0 Å². The lowest BCUT2D eigenvalue weighted by Gasteiger charge is -2.12. The van der Waals surface area contributed by atoms with Gasteiger partial charge in [0.25, 0.3) is 11.8 Å². The Morgan fingerprint density at radius 2 is 1.38 bits per heavy atom. The highest BCUT2D eigenvalue weighted by atomic mass is 35.5. The zero-order valence-electron chi connectivity index (χ0n) is 21.9. The summed E-state index contributed by atoms with van der Waals surface area (Å²) in [4.78, 5) is 39.0. The Kier molecular flexibility index (Phi) is 10.2. The lowest BCUT2D eigenvalue weighted by molar-refractivity contribution is -0.114. The summed E-state index contributed by atoms with van der Waals surface area (Å²) in [6, 6.07) is 27.8. The van der Waals surface area contributed by atoms with Gasteiger partial charge in [-0.05, 0) is 84.4 Å². The Morgan fingerprint density at radius 3 is 2.00 bits per heavy atom. The van der Waals surface area contributed by atoms with Crippen molar-refractivity contribution in [2.75, 3.05) is 16.4 Å². The third kappa shape index (κ3) is 9.05. The molecule has 0 unspecified atom stereocenters. The van der Waals surface area contributed by atoms with Gasteiger partial charge in [0.05, 0.1) is 10.6 Å². The summed E-state index contributed by atoms with van der Waals surface area (Å²) in [6.45, 7) is 0. The SMILES string of the molecule is NS(=O)(=O)c1ccc(NC(=O)CSc2ccc(NC(=O)/C(=C/c3ccc(Cl)cc3)NC(=O)c3ccccc3)cc2)cc1. The van der Waals surface area contributed by atoms with E-state index in [-0.39, 0.29) is 22.3 Å². The largest absolute Gasteiger partial charge is 0.325 e. The van der Waals surface area contributed by atoms with E-state index in [1.165, 1.54) is 36.0 Å². The van der Waals surface area contributed by atoms with Crippen LogP contribution in [0.3, 0.4) is 0 Å². The van der Waals surface area contributed by atoms with E-state index in [4.69, 9.17) is 16.7 Å². The first kappa shape index (κ1) is 30.5. The van der Waals surface area contributed by atoms with Crippen LogP contribution in [0.15, 0.2) is 119 Å². The third-order valence-corrected chi connectivity index (χ3v) is 7.85. The molecule has 0 aliphatic heterocycles. The lowest BCUT2D eigenvalue weighted by atomic mass is 10.1. The molecular formula is C30H25ClN4O5S2. The number of hydrogen-bond donors (Lipinski definition) is 4. The Hall–Kier alpha value is -4.42. The van der Waals surface area contributed by atoms with Crippen molar-refractivity contribution in [3.8, 4) is 0 Å². The van der Waals surface area contributed by atoms with Gasteiger partial charge in [-0.2, -0.15) is 0 Å². The molecule has 0 heterocycles. The molecule has 214 valence electrons. The van der Waals surface area contributed by atoms with Crippen molar-refractivity contribution < 1.29 is 22.8 Å². The van der Waals surface area contributed by atoms with Gasteiger partial charge < -0.3 is 16.0 Å². The highest BCUT2D eigenvalue weighted by Gasteiger charge is 2.15. The molecule has 9 nitrogen and oxygen atoms in total. The number of carbonyl (C=O) groups is 3. The van der Waals surface area contributed by atoms with E-state index in [9.17, 15) is 22.8 Å². The highest BCUT2D eigenvalue weighted by Crippen LogP contribution is 2.22. The van der Waals surface area contributed by atoms with Crippen LogP contribution in [0.4, 0.5) is 11.4 Å². The van der Waals surface area contributed by atoms with Crippen LogP contribution in [0.5, 0.6) is 0 Å². The number of benzene rings is 4. The monoisotopic (exact) mass is 620 g/mol. The Labute approximate surface area is 252 Å². The Morgan fingerprint density at radius 1 is 0.786 bits per heavy atom. The summed E-state index contributed by atoms with van der Waals surface area (Å²) in [5.74, 6) is -1.15.